The van der Waals surface area contributed by atoms with Gasteiger partial charge in [-0.2, -0.15) is 0 Å². The Morgan fingerprint density at radius 1 is 1.03 bits per heavy atom. The highest BCUT2D eigenvalue weighted by atomic mass is 35.5. The maximum Gasteiger partial charge on any atom is 0.294 e. The molecule has 13 heteroatoms. The van der Waals surface area contributed by atoms with E-state index in [2.05, 4.69) is 5.32 Å². The van der Waals surface area contributed by atoms with Crippen molar-refractivity contribution in [2.75, 3.05) is 11.9 Å². The van der Waals surface area contributed by atoms with E-state index >= 15 is 0 Å². The first-order valence-corrected chi connectivity index (χ1v) is 12.7. The summed E-state index contributed by atoms with van der Waals surface area (Å²) in [5.41, 5.74) is 1.25. The highest BCUT2D eigenvalue weighted by Crippen LogP contribution is 2.38. The highest BCUT2D eigenvalue weighted by Gasteiger charge is 2.36. The SMILES string of the molecule is O=C(CN1C(=O)S/C(=C/c2cc(Cl)c(OCc3cccc([N+](=O)[O-])c3)c(Cl)c2)C1=O)Nc1ccccc1Cl. The fraction of sp³-hybridized carbons (Fsp3) is 0.0800. The van der Waals surface area contributed by atoms with Gasteiger partial charge in [-0.3, -0.25) is 29.4 Å². The first kappa shape index (κ1) is 27.5. The van der Waals surface area contributed by atoms with Gasteiger partial charge in [-0.15, -0.1) is 0 Å². The molecule has 1 aliphatic rings. The van der Waals surface area contributed by atoms with Crippen molar-refractivity contribution >= 4 is 81.1 Å². The number of hydrogen-bond donors (Lipinski definition) is 1. The van der Waals surface area contributed by atoms with Crippen LogP contribution >= 0.6 is 46.6 Å². The van der Waals surface area contributed by atoms with Gasteiger partial charge in [-0.05, 0) is 53.2 Å². The third-order valence-electron chi connectivity index (χ3n) is 5.15. The van der Waals surface area contributed by atoms with Crippen molar-refractivity contribution in [1.82, 2.24) is 4.90 Å². The van der Waals surface area contributed by atoms with Gasteiger partial charge in [0.25, 0.3) is 16.8 Å². The summed E-state index contributed by atoms with van der Waals surface area (Å²) >= 11 is 19.4. The number of nitrogens with zero attached hydrogens (tertiary/aromatic N) is 2. The van der Waals surface area contributed by atoms with Gasteiger partial charge >= 0.3 is 0 Å². The van der Waals surface area contributed by atoms with Crippen molar-refractivity contribution in [3.05, 3.63) is 102 Å². The van der Waals surface area contributed by atoms with Gasteiger partial charge in [-0.25, -0.2) is 0 Å². The second kappa shape index (κ2) is 11.9. The van der Waals surface area contributed by atoms with E-state index in [4.69, 9.17) is 39.5 Å². The van der Waals surface area contributed by atoms with E-state index in [-0.39, 0.29) is 33.0 Å². The lowest BCUT2D eigenvalue weighted by Gasteiger charge is -2.13. The molecule has 0 aromatic heterocycles. The van der Waals surface area contributed by atoms with Gasteiger partial charge in [0, 0.05) is 12.1 Å². The van der Waals surface area contributed by atoms with E-state index in [0.717, 1.165) is 4.90 Å². The van der Waals surface area contributed by atoms with Crippen LogP contribution in [0.25, 0.3) is 6.08 Å². The predicted octanol–water partition coefficient (Wildman–Crippen LogP) is 6.81. The Kier molecular flexibility index (Phi) is 8.58. The van der Waals surface area contributed by atoms with Crippen molar-refractivity contribution in [2.45, 2.75) is 6.61 Å². The largest absolute Gasteiger partial charge is 0.486 e. The molecule has 4 rings (SSSR count). The smallest absolute Gasteiger partial charge is 0.294 e. The van der Waals surface area contributed by atoms with Crippen LogP contribution in [0.15, 0.2) is 65.6 Å². The molecular weight excluding hydrogens is 577 g/mol. The number of hydrogen-bond acceptors (Lipinski definition) is 7. The van der Waals surface area contributed by atoms with Crippen LogP contribution in [0.1, 0.15) is 11.1 Å². The number of nitrogens with one attached hydrogen (secondary N) is 1. The normalized spacial score (nSPS) is 14.2. The summed E-state index contributed by atoms with van der Waals surface area (Å²) in [4.78, 5) is 49.0. The number of thioether (sulfide) groups is 1. The first-order valence-electron chi connectivity index (χ1n) is 10.8. The van der Waals surface area contributed by atoms with E-state index in [1.807, 2.05) is 0 Å². The van der Waals surface area contributed by atoms with Gasteiger partial charge in [0.2, 0.25) is 5.91 Å². The third kappa shape index (κ3) is 6.46. The fourth-order valence-corrected chi connectivity index (χ4v) is 5.03. The van der Waals surface area contributed by atoms with Crippen molar-refractivity contribution in [3.8, 4) is 5.75 Å². The number of nitro benzene ring substituents is 1. The van der Waals surface area contributed by atoms with Crippen LogP contribution < -0.4 is 10.1 Å². The van der Waals surface area contributed by atoms with E-state index in [0.29, 0.717) is 33.6 Å². The van der Waals surface area contributed by atoms with E-state index < -0.39 is 28.5 Å². The molecule has 1 fully saturated rings. The van der Waals surface area contributed by atoms with Crippen LogP contribution in [0.5, 0.6) is 5.75 Å². The number of imide groups is 1. The molecule has 1 N–H and O–H groups in total. The minimum absolute atomic E-state index is 0.0182. The summed E-state index contributed by atoms with van der Waals surface area (Å²) in [5.74, 6) is -1.08. The minimum atomic E-state index is -0.646. The number of halogens is 3. The Balaban J connectivity index is 1.44. The maximum atomic E-state index is 12.8. The van der Waals surface area contributed by atoms with Gasteiger partial charge in [0.15, 0.2) is 5.75 Å². The molecule has 0 bridgehead atoms. The van der Waals surface area contributed by atoms with Crippen molar-refractivity contribution in [3.63, 3.8) is 0 Å². The lowest BCUT2D eigenvalue weighted by Crippen LogP contribution is -2.36. The van der Waals surface area contributed by atoms with E-state index in [1.54, 1.807) is 30.3 Å². The molecule has 3 aromatic rings. The maximum absolute atomic E-state index is 12.8. The number of ether oxygens (including phenoxy) is 1. The molecule has 0 saturated carbocycles. The number of nitro groups is 1. The topological polar surface area (TPSA) is 119 Å². The number of para-hydroxylation sites is 1. The number of anilines is 1. The summed E-state index contributed by atoms with van der Waals surface area (Å²) in [7, 11) is 0. The van der Waals surface area contributed by atoms with Gasteiger partial charge < -0.3 is 10.1 Å². The molecule has 1 aliphatic heterocycles. The van der Waals surface area contributed by atoms with Gasteiger partial charge in [-0.1, -0.05) is 59.1 Å². The molecule has 1 saturated heterocycles. The quantitative estimate of drug-likeness (QED) is 0.173. The van der Waals surface area contributed by atoms with Crippen LogP contribution in [0, 0.1) is 10.1 Å². The Labute approximate surface area is 235 Å². The standard InChI is InChI=1S/C25H16Cl3N3O6S/c26-17-6-1-2-7-20(17)29-22(32)12-30-24(33)21(38-25(30)34)11-15-9-18(27)23(19(28)10-15)37-13-14-4-3-5-16(8-14)31(35)36/h1-11H,12-13H2,(H,29,32)/b21-11+. The van der Waals surface area contributed by atoms with Crippen molar-refractivity contribution in [1.29, 1.82) is 0 Å². The molecule has 0 aliphatic carbocycles. The average molecular weight is 593 g/mol. The molecular formula is C25H16Cl3N3O6S. The number of carbonyl (C=O) groups is 3. The molecule has 194 valence electrons. The first-order chi connectivity index (χ1) is 18.1. The molecule has 0 spiro atoms. The van der Waals surface area contributed by atoms with Crippen LogP contribution in [-0.4, -0.2) is 33.4 Å². The second-order valence-corrected chi connectivity index (χ2v) is 10.0. The summed E-state index contributed by atoms with van der Waals surface area (Å²) in [6.45, 7) is -0.505. The summed E-state index contributed by atoms with van der Waals surface area (Å²) in [6, 6.07) is 15.5. The molecule has 1 heterocycles. The summed E-state index contributed by atoms with van der Waals surface area (Å²) in [5, 5.41) is 13.5. The summed E-state index contributed by atoms with van der Waals surface area (Å²) < 4.78 is 5.67. The molecule has 3 aromatic carbocycles. The monoisotopic (exact) mass is 591 g/mol. The number of amides is 3. The summed E-state index contributed by atoms with van der Waals surface area (Å²) in [6.07, 6.45) is 1.43. The van der Waals surface area contributed by atoms with Crippen molar-refractivity contribution in [2.24, 2.45) is 0 Å². The second-order valence-electron chi connectivity index (χ2n) is 7.83. The molecule has 0 unspecified atom stereocenters. The highest BCUT2D eigenvalue weighted by molar-refractivity contribution is 8.18. The lowest BCUT2D eigenvalue weighted by molar-refractivity contribution is -0.384. The molecule has 3 amide bonds. The number of carbonyl (C=O) groups excluding carboxylic acids is 3. The Bertz CT molecular complexity index is 1470. The lowest BCUT2D eigenvalue weighted by atomic mass is 10.2. The van der Waals surface area contributed by atoms with Crippen LogP contribution in [0.3, 0.4) is 0 Å². The molecule has 0 atom stereocenters. The Morgan fingerprint density at radius 3 is 2.42 bits per heavy atom. The van der Waals surface area contributed by atoms with Crippen LogP contribution in [-0.2, 0) is 16.2 Å². The fourth-order valence-electron chi connectivity index (χ4n) is 3.40. The molecule has 9 nitrogen and oxygen atoms in total. The molecule has 38 heavy (non-hydrogen) atoms. The number of non-ortho nitro benzene ring substituents is 1. The minimum Gasteiger partial charge on any atom is -0.486 e. The van der Waals surface area contributed by atoms with E-state index in [9.17, 15) is 24.5 Å². The van der Waals surface area contributed by atoms with Crippen molar-refractivity contribution < 1.29 is 24.0 Å². The zero-order valence-electron chi connectivity index (χ0n) is 19.2. The number of benzene rings is 3. The van der Waals surface area contributed by atoms with Gasteiger partial charge in [0.05, 0.1) is 30.6 Å². The van der Waals surface area contributed by atoms with Gasteiger partial charge in [0.1, 0.15) is 13.2 Å². The Morgan fingerprint density at radius 2 is 1.74 bits per heavy atom. The molecule has 0 radical (unpaired) electrons. The van der Waals surface area contributed by atoms with Crippen LogP contribution in [0.4, 0.5) is 16.2 Å². The third-order valence-corrected chi connectivity index (χ3v) is 6.94. The number of rotatable bonds is 8. The average Bonchev–Trinajstić information content (AvgIpc) is 3.12. The zero-order chi connectivity index (χ0) is 27.4. The zero-order valence-corrected chi connectivity index (χ0v) is 22.2. The predicted molar refractivity (Wildman–Crippen MR) is 147 cm³/mol. The van der Waals surface area contributed by atoms with E-state index in [1.165, 1.54) is 36.4 Å². The Hall–Kier alpha value is -3.57. The van der Waals surface area contributed by atoms with Crippen LogP contribution in [0.2, 0.25) is 15.1 Å².